The lowest BCUT2D eigenvalue weighted by atomic mass is 10.2. The topological polar surface area (TPSA) is 43.5 Å². The smallest absolute Gasteiger partial charge is 0.248 e. The molecule has 3 nitrogen and oxygen atoms in total. The Morgan fingerprint density at radius 2 is 1.93 bits per heavy atom. The van der Waals surface area contributed by atoms with Gasteiger partial charge in [-0.05, 0) is 6.07 Å². The number of hydrogen-bond donors (Lipinski definition) is 1. The number of rotatable bonds is 1. The molecule has 2 N–H and O–H groups in total. The van der Waals surface area contributed by atoms with E-state index in [-0.39, 0.29) is 5.88 Å². The first-order valence-corrected chi connectivity index (χ1v) is 4.13. The molecule has 3 heteroatoms. The van der Waals surface area contributed by atoms with Crippen molar-refractivity contribution in [2.45, 2.75) is 0 Å². The summed E-state index contributed by atoms with van der Waals surface area (Å²) in [4.78, 5) is 3.25. The lowest BCUT2D eigenvalue weighted by Gasteiger charge is -1.93. The molecule has 14 heavy (non-hydrogen) atoms. The van der Waals surface area contributed by atoms with Crippen molar-refractivity contribution in [2.24, 2.45) is 0 Å². The predicted molar refractivity (Wildman–Crippen MR) is 54.8 cm³/mol. The second-order valence-corrected chi connectivity index (χ2v) is 2.84. The van der Waals surface area contributed by atoms with Crippen molar-refractivity contribution in [3.63, 3.8) is 0 Å². The maximum atomic E-state index is 6.85. The molecule has 0 aliphatic heterocycles. The van der Waals surface area contributed by atoms with Crippen LogP contribution in [0.4, 0.5) is 11.6 Å². The van der Waals surface area contributed by atoms with E-state index < -0.39 is 0 Å². The summed E-state index contributed by atoms with van der Waals surface area (Å²) in [5.41, 5.74) is 6.80. The van der Waals surface area contributed by atoms with Crippen LogP contribution in [0.5, 0.6) is 0 Å². The van der Waals surface area contributed by atoms with Crippen molar-refractivity contribution < 1.29 is 4.42 Å². The van der Waals surface area contributed by atoms with E-state index in [4.69, 9.17) is 16.7 Å². The number of hydrogen-bond acceptors (Lipinski definition) is 2. The van der Waals surface area contributed by atoms with Gasteiger partial charge in [-0.3, -0.25) is 0 Å². The van der Waals surface area contributed by atoms with E-state index in [0.717, 1.165) is 5.56 Å². The summed E-state index contributed by atoms with van der Waals surface area (Å²) in [7, 11) is 0. The Bertz CT molecular complexity index is 480. The van der Waals surface area contributed by atoms with Gasteiger partial charge in [0.25, 0.3) is 0 Å². The Kier molecular flexibility index (Phi) is 1.96. The molecule has 0 unspecified atom stereocenters. The molecule has 0 saturated carbocycles. The second-order valence-electron chi connectivity index (χ2n) is 2.84. The standard InChI is InChI=1S/C11H8N2O/c1-13-9-7-10(14-11(9)12)8-5-3-2-4-6-8/h2-7H,12H2. The third-order valence-electron chi connectivity index (χ3n) is 1.92. The van der Waals surface area contributed by atoms with Gasteiger partial charge in [-0.25, -0.2) is 4.85 Å². The second kappa shape index (κ2) is 3.27. The molecular formula is C11H8N2O. The molecule has 0 bridgehead atoms. The molecule has 0 saturated heterocycles. The average molecular weight is 184 g/mol. The molecule has 0 aliphatic rings. The fourth-order valence-electron chi connectivity index (χ4n) is 1.23. The average Bonchev–Trinajstić information content (AvgIpc) is 2.61. The highest BCUT2D eigenvalue weighted by molar-refractivity contribution is 5.71. The van der Waals surface area contributed by atoms with Crippen LogP contribution in [0.25, 0.3) is 16.2 Å². The van der Waals surface area contributed by atoms with Crippen LogP contribution in [0, 0.1) is 6.57 Å². The number of benzene rings is 1. The lowest BCUT2D eigenvalue weighted by Crippen LogP contribution is -1.77. The molecule has 2 rings (SSSR count). The van der Waals surface area contributed by atoms with Gasteiger partial charge in [0.05, 0.1) is 6.57 Å². The quantitative estimate of drug-likeness (QED) is 0.692. The Morgan fingerprint density at radius 3 is 2.50 bits per heavy atom. The number of nitrogens with zero attached hydrogens (tertiary/aromatic N) is 1. The summed E-state index contributed by atoms with van der Waals surface area (Å²) >= 11 is 0. The van der Waals surface area contributed by atoms with Crippen molar-refractivity contribution in [1.29, 1.82) is 0 Å². The van der Waals surface area contributed by atoms with Crippen LogP contribution in [-0.4, -0.2) is 0 Å². The maximum absolute atomic E-state index is 6.85. The summed E-state index contributed by atoms with van der Waals surface area (Å²) in [6.45, 7) is 6.85. The lowest BCUT2D eigenvalue weighted by molar-refractivity contribution is 0.604. The van der Waals surface area contributed by atoms with Crippen molar-refractivity contribution >= 4 is 11.6 Å². The molecule has 0 spiro atoms. The Balaban J connectivity index is 2.50. The van der Waals surface area contributed by atoms with Crippen LogP contribution in [0.2, 0.25) is 0 Å². The minimum absolute atomic E-state index is 0.179. The van der Waals surface area contributed by atoms with E-state index >= 15 is 0 Å². The molecule has 0 radical (unpaired) electrons. The maximum Gasteiger partial charge on any atom is 0.248 e. The summed E-state index contributed by atoms with van der Waals surface area (Å²) in [5.74, 6) is 0.813. The zero-order valence-corrected chi connectivity index (χ0v) is 7.40. The van der Waals surface area contributed by atoms with E-state index in [1.807, 2.05) is 30.3 Å². The zero-order valence-electron chi connectivity index (χ0n) is 7.40. The molecule has 0 atom stereocenters. The van der Waals surface area contributed by atoms with Gasteiger partial charge in [0.1, 0.15) is 5.76 Å². The van der Waals surface area contributed by atoms with Crippen LogP contribution in [0.3, 0.4) is 0 Å². The Hall–Kier alpha value is -2.21. The van der Waals surface area contributed by atoms with Crippen LogP contribution in [0.15, 0.2) is 40.8 Å². The number of nitrogen functional groups attached to an aromatic ring is 1. The molecule has 0 aliphatic carbocycles. The van der Waals surface area contributed by atoms with Gasteiger partial charge in [-0.15, -0.1) is 0 Å². The third-order valence-corrected chi connectivity index (χ3v) is 1.92. The molecular weight excluding hydrogens is 176 g/mol. The van der Waals surface area contributed by atoms with Gasteiger partial charge in [0.15, 0.2) is 5.88 Å². The summed E-state index contributed by atoms with van der Waals surface area (Å²) in [5, 5.41) is 0. The van der Waals surface area contributed by atoms with E-state index in [1.165, 1.54) is 0 Å². The van der Waals surface area contributed by atoms with Crippen LogP contribution in [-0.2, 0) is 0 Å². The fraction of sp³-hybridized carbons (Fsp3) is 0. The van der Waals surface area contributed by atoms with Crippen molar-refractivity contribution in [2.75, 3.05) is 5.73 Å². The largest absolute Gasteiger partial charge is 0.452 e. The predicted octanol–water partition coefficient (Wildman–Crippen LogP) is 3.08. The molecule has 0 fully saturated rings. The van der Waals surface area contributed by atoms with Crippen molar-refractivity contribution in [3.8, 4) is 11.3 Å². The SMILES string of the molecule is [C-]#[N+]c1cc(-c2ccccc2)oc1N. The van der Waals surface area contributed by atoms with Gasteiger partial charge in [0, 0.05) is 5.56 Å². The molecule has 68 valence electrons. The van der Waals surface area contributed by atoms with Gasteiger partial charge < -0.3 is 10.2 Å². The minimum Gasteiger partial charge on any atom is -0.452 e. The monoisotopic (exact) mass is 184 g/mol. The fourth-order valence-corrected chi connectivity index (χ4v) is 1.23. The van der Waals surface area contributed by atoms with Gasteiger partial charge in [0.2, 0.25) is 5.69 Å². The highest BCUT2D eigenvalue weighted by atomic mass is 16.4. The minimum atomic E-state index is 0.179. The first kappa shape index (κ1) is 8.39. The van der Waals surface area contributed by atoms with Crippen LogP contribution >= 0.6 is 0 Å². The van der Waals surface area contributed by atoms with Crippen LogP contribution in [0.1, 0.15) is 0 Å². The highest BCUT2D eigenvalue weighted by Gasteiger charge is 2.08. The third kappa shape index (κ3) is 1.34. The van der Waals surface area contributed by atoms with E-state index in [1.54, 1.807) is 6.07 Å². The normalized spacial score (nSPS) is 9.64. The van der Waals surface area contributed by atoms with E-state index in [2.05, 4.69) is 4.85 Å². The number of furan rings is 1. The summed E-state index contributed by atoms with van der Waals surface area (Å²) in [6.07, 6.45) is 0. The Morgan fingerprint density at radius 1 is 1.21 bits per heavy atom. The molecule has 1 aromatic heterocycles. The van der Waals surface area contributed by atoms with Crippen molar-refractivity contribution in [3.05, 3.63) is 47.8 Å². The van der Waals surface area contributed by atoms with Gasteiger partial charge in [-0.2, -0.15) is 0 Å². The van der Waals surface area contributed by atoms with Gasteiger partial charge >= 0.3 is 0 Å². The molecule has 0 amide bonds. The Labute approximate surface area is 81.6 Å². The van der Waals surface area contributed by atoms with Crippen LogP contribution < -0.4 is 5.73 Å². The number of anilines is 1. The van der Waals surface area contributed by atoms with E-state index in [0.29, 0.717) is 11.4 Å². The van der Waals surface area contributed by atoms with Gasteiger partial charge in [-0.1, -0.05) is 30.3 Å². The number of nitrogens with two attached hydrogens (primary N) is 1. The molecule has 2 aromatic rings. The molecule has 1 aromatic carbocycles. The molecule has 1 heterocycles. The summed E-state index contributed by atoms with van der Waals surface area (Å²) in [6, 6.07) is 11.2. The first-order valence-electron chi connectivity index (χ1n) is 4.13. The van der Waals surface area contributed by atoms with E-state index in [9.17, 15) is 0 Å². The summed E-state index contributed by atoms with van der Waals surface area (Å²) < 4.78 is 5.26. The zero-order chi connectivity index (χ0) is 9.97. The highest BCUT2D eigenvalue weighted by Crippen LogP contribution is 2.32. The first-order chi connectivity index (χ1) is 6.81. The van der Waals surface area contributed by atoms with Crippen molar-refractivity contribution in [1.82, 2.24) is 0 Å².